The third-order valence-electron chi connectivity index (χ3n) is 9.84. The van der Waals surface area contributed by atoms with Gasteiger partial charge in [-0.2, -0.15) is 5.10 Å². The number of carbonyl (C=O) groups is 2. The van der Waals surface area contributed by atoms with Gasteiger partial charge in [0.05, 0.1) is 33.6 Å². The summed E-state index contributed by atoms with van der Waals surface area (Å²) in [4.78, 5) is 33.5. The van der Waals surface area contributed by atoms with Crippen LogP contribution in [-0.4, -0.2) is 69.2 Å². The highest BCUT2D eigenvalue weighted by Gasteiger charge is 2.34. The lowest BCUT2D eigenvalue weighted by molar-refractivity contribution is -0.166. The molecular formula is C44H51ClN4O6S. The lowest BCUT2D eigenvalue weighted by Crippen LogP contribution is -2.39. The van der Waals surface area contributed by atoms with E-state index in [2.05, 4.69) is 24.3 Å². The molecule has 56 heavy (non-hydrogen) atoms. The number of aromatic nitrogens is 3. The molecule has 2 atom stereocenters. The Balaban J connectivity index is 1.36. The van der Waals surface area contributed by atoms with Crippen LogP contribution in [0, 0.1) is 6.92 Å². The van der Waals surface area contributed by atoms with Gasteiger partial charge in [0.25, 0.3) is 0 Å². The Morgan fingerprint density at radius 2 is 1.77 bits per heavy atom. The van der Waals surface area contributed by atoms with Crippen molar-refractivity contribution < 1.29 is 28.5 Å². The van der Waals surface area contributed by atoms with Crippen molar-refractivity contribution in [3.05, 3.63) is 76.5 Å². The average Bonchev–Trinajstić information content (AvgIpc) is 3.75. The summed E-state index contributed by atoms with van der Waals surface area (Å²) < 4.78 is 26.9. The van der Waals surface area contributed by atoms with Crippen molar-refractivity contribution >= 4 is 61.7 Å². The molecule has 2 aliphatic heterocycles. The lowest BCUT2D eigenvalue weighted by atomic mass is 9.91. The fourth-order valence-electron chi connectivity index (χ4n) is 7.40. The van der Waals surface area contributed by atoms with Gasteiger partial charge in [-0.15, -0.1) is 11.3 Å². The number of hydrogen-bond donors (Lipinski definition) is 0. The number of esters is 1. The van der Waals surface area contributed by atoms with Crippen LogP contribution in [0.5, 0.6) is 0 Å². The molecule has 5 aromatic rings. The monoisotopic (exact) mass is 798 g/mol. The average molecular weight is 799 g/mol. The Bertz CT molecular complexity index is 2290. The summed E-state index contributed by atoms with van der Waals surface area (Å²) in [5, 5.41) is 7.66. The molecule has 4 heterocycles. The number of amides is 1. The zero-order valence-corrected chi connectivity index (χ0v) is 35.1. The van der Waals surface area contributed by atoms with E-state index in [1.165, 1.54) is 0 Å². The van der Waals surface area contributed by atoms with E-state index < -0.39 is 23.3 Å². The Morgan fingerprint density at radius 3 is 2.41 bits per heavy atom. The van der Waals surface area contributed by atoms with Crippen LogP contribution in [0.1, 0.15) is 103 Å². The third-order valence-corrected chi connectivity index (χ3v) is 11.2. The number of benzene rings is 3. The summed E-state index contributed by atoms with van der Waals surface area (Å²) in [5.74, 6) is -0.437. The van der Waals surface area contributed by atoms with Gasteiger partial charge < -0.3 is 23.8 Å². The first-order chi connectivity index (χ1) is 26.6. The predicted molar refractivity (Wildman–Crippen MR) is 223 cm³/mol. The molecule has 7 rings (SSSR count). The van der Waals surface area contributed by atoms with E-state index in [-0.39, 0.29) is 18.9 Å². The first-order valence-electron chi connectivity index (χ1n) is 19.5. The van der Waals surface area contributed by atoms with Crippen LogP contribution in [-0.2, 0) is 23.7 Å². The quantitative estimate of drug-likeness (QED) is 0.143. The van der Waals surface area contributed by atoms with Gasteiger partial charge in [-0.1, -0.05) is 29.8 Å². The molecule has 0 spiro atoms. The predicted octanol–water partition coefficient (Wildman–Crippen LogP) is 11.1. The molecule has 0 saturated carbocycles. The van der Waals surface area contributed by atoms with E-state index in [9.17, 15) is 9.59 Å². The molecule has 1 fully saturated rings. The van der Waals surface area contributed by atoms with Crippen LogP contribution in [0.3, 0.4) is 0 Å². The van der Waals surface area contributed by atoms with Gasteiger partial charge in [0.15, 0.2) is 12.3 Å². The van der Waals surface area contributed by atoms with E-state index >= 15 is 0 Å². The van der Waals surface area contributed by atoms with Crippen molar-refractivity contribution in [1.29, 1.82) is 0 Å². The Morgan fingerprint density at radius 1 is 1.02 bits per heavy atom. The maximum Gasteiger partial charge on any atom is 0.410 e. The minimum absolute atomic E-state index is 0.151. The van der Waals surface area contributed by atoms with Gasteiger partial charge >= 0.3 is 12.1 Å². The van der Waals surface area contributed by atoms with E-state index in [1.54, 1.807) is 23.2 Å². The summed E-state index contributed by atoms with van der Waals surface area (Å²) in [6, 6.07) is 16.1. The zero-order valence-electron chi connectivity index (χ0n) is 33.5. The van der Waals surface area contributed by atoms with E-state index in [1.807, 2.05) is 83.5 Å². The summed E-state index contributed by atoms with van der Waals surface area (Å²) >= 11 is 7.95. The smallest absolute Gasteiger partial charge is 0.410 e. The summed E-state index contributed by atoms with van der Waals surface area (Å²) in [6.45, 7) is 17.2. The van der Waals surface area contributed by atoms with Gasteiger partial charge in [-0.25, -0.2) is 19.3 Å². The minimum atomic E-state index is -0.961. The molecule has 1 unspecified atom stereocenters. The standard InChI is InChI=1S/C44H51ClN4O6S/c1-9-52-41(50)38(54-43(3,4)5)35-26(2)24-32-39(36(35)27-13-16-30(45)17-14-27)56-40(46-32)29-15-18-33-31(25-29)37(47-49(33)34-12-10-11-23-53-34)28-19-21-48(22-20-28)42(51)55-44(6,7)8/h13-19,24-25,34,38H,9-12,20-23H2,1-8H3/t34?,38-/m0/s1. The Hall–Kier alpha value is -4.29. The molecule has 2 aromatic heterocycles. The normalized spacial score (nSPS) is 17.3. The maximum atomic E-state index is 13.7. The van der Waals surface area contributed by atoms with E-state index in [0.29, 0.717) is 31.1 Å². The van der Waals surface area contributed by atoms with Crippen LogP contribution < -0.4 is 0 Å². The second-order valence-electron chi connectivity index (χ2n) is 16.5. The fourth-order valence-corrected chi connectivity index (χ4v) is 8.64. The molecule has 0 N–H and O–H groups in total. The first-order valence-corrected chi connectivity index (χ1v) is 20.7. The van der Waals surface area contributed by atoms with Gasteiger partial charge in [0.1, 0.15) is 10.6 Å². The summed E-state index contributed by atoms with van der Waals surface area (Å²) in [7, 11) is 0. The molecule has 296 valence electrons. The molecule has 1 amide bonds. The molecule has 0 bridgehead atoms. The highest BCUT2D eigenvalue weighted by molar-refractivity contribution is 7.22. The number of hydrogen-bond acceptors (Lipinski definition) is 9. The molecule has 0 radical (unpaired) electrons. The van der Waals surface area contributed by atoms with Crippen molar-refractivity contribution in [2.75, 3.05) is 26.3 Å². The van der Waals surface area contributed by atoms with Crippen LogP contribution >= 0.6 is 22.9 Å². The fraction of sp³-hybridized carbons (Fsp3) is 0.455. The van der Waals surface area contributed by atoms with E-state index in [0.717, 1.165) is 84.5 Å². The Labute approximate surface area is 337 Å². The zero-order chi connectivity index (χ0) is 39.9. The number of fused-ring (bicyclic) bond motifs is 2. The maximum absolute atomic E-state index is 13.7. The van der Waals surface area contributed by atoms with Crippen LogP contribution in [0.15, 0.2) is 54.6 Å². The largest absolute Gasteiger partial charge is 0.464 e. The highest BCUT2D eigenvalue weighted by atomic mass is 35.5. The lowest BCUT2D eigenvalue weighted by Gasteiger charge is -2.29. The van der Waals surface area contributed by atoms with Gasteiger partial charge in [-0.3, -0.25) is 0 Å². The number of aryl methyl sites for hydroxylation is 1. The van der Waals surface area contributed by atoms with Crippen LogP contribution in [0.2, 0.25) is 5.02 Å². The van der Waals surface area contributed by atoms with Crippen LogP contribution in [0.4, 0.5) is 4.79 Å². The molecule has 3 aromatic carbocycles. The molecule has 10 nitrogen and oxygen atoms in total. The van der Waals surface area contributed by atoms with Crippen molar-refractivity contribution in [3.8, 4) is 21.7 Å². The number of carbonyl (C=O) groups excluding carboxylic acids is 2. The van der Waals surface area contributed by atoms with Gasteiger partial charge in [0.2, 0.25) is 0 Å². The highest BCUT2D eigenvalue weighted by Crippen LogP contribution is 2.45. The second kappa shape index (κ2) is 15.9. The summed E-state index contributed by atoms with van der Waals surface area (Å²) in [6.07, 6.45) is 4.32. The molecule has 12 heteroatoms. The van der Waals surface area contributed by atoms with Crippen molar-refractivity contribution in [3.63, 3.8) is 0 Å². The summed E-state index contributed by atoms with van der Waals surface area (Å²) in [5.41, 5.74) is 6.93. The molecular weight excluding hydrogens is 748 g/mol. The number of halogens is 1. The van der Waals surface area contributed by atoms with Crippen molar-refractivity contribution in [2.45, 2.75) is 105 Å². The number of ether oxygens (including phenoxy) is 4. The SMILES string of the molecule is CCOC(=O)[C@@H](OC(C)(C)C)c1c(C)cc2nc(-c3ccc4c(c3)c(C3=CCN(C(=O)OC(C)(C)C)CC3)nn4C3CCCCO3)sc2c1-c1ccc(Cl)cc1. The van der Waals surface area contributed by atoms with Crippen molar-refractivity contribution in [2.24, 2.45) is 0 Å². The topological polar surface area (TPSA) is 105 Å². The molecule has 1 saturated heterocycles. The number of nitrogens with zero attached hydrogens (tertiary/aromatic N) is 4. The molecule has 2 aliphatic rings. The van der Waals surface area contributed by atoms with Gasteiger partial charge in [-0.05, 0) is 134 Å². The third kappa shape index (κ3) is 8.51. The molecule has 0 aliphatic carbocycles. The first kappa shape index (κ1) is 39.9. The second-order valence-corrected chi connectivity index (χ2v) is 17.9. The Kier molecular flexibility index (Phi) is 11.4. The minimum Gasteiger partial charge on any atom is -0.464 e. The van der Waals surface area contributed by atoms with Gasteiger partial charge in [0, 0.05) is 46.8 Å². The van der Waals surface area contributed by atoms with Crippen molar-refractivity contribution in [1.82, 2.24) is 19.7 Å². The van der Waals surface area contributed by atoms with Crippen LogP contribution in [0.25, 0.3) is 48.4 Å². The number of rotatable bonds is 8. The van der Waals surface area contributed by atoms with E-state index in [4.69, 9.17) is 40.6 Å². The number of thiazole rings is 1.